The SMILES string of the molecule is CCOCC(C)N(C)CC(=O)N1CCNCC1. The van der Waals surface area contributed by atoms with Crippen LogP contribution in [0.4, 0.5) is 0 Å². The molecule has 0 radical (unpaired) electrons. The van der Waals surface area contributed by atoms with E-state index in [2.05, 4.69) is 17.1 Å². The molecule has 0 spiro atoms. The summed E-state index contributed by atoms with van der Waals surface area (Å²) in [4.78, 5) is 16.0. The highest BCUT2D eigenvalue weighted by Gasteiger charge is 2.19. The van der Waals surface area contributed by atoms with Gasteiger partial charge in [0.1, 0.15) is 0 Å². The molecule has 0 aromatic heterocycles. The fraction of sp³-hybridized carbons (Fsp3) is 0.917. The van der Waals surface area contributed by atoms with Gasteiger partial charge in [-0.1, -0.05) is 0 Å². The van der Waals surface area contributed by atoms with Gasteiger partial charge in [-0.15, -0.1) is 0 Å². The zero-order valence-corrected chi connectivity index (χ0v) is 11.2. The van der Waals surface area contributed by atoms with E-state index in [1.165, 1.54) is 0 Å². The van der Waals surface area contributed by atoms with Crippen LogP contribution in [0.15, 0.2) is 0 Å². The maximum Gasteiger partial charge on any atom is 0.236 e. The molecule has 5 heteroatoms. The molecule has 1 saturated heterocycles. The van der Waals surface area contributed by atoms with Gasteiger partial charge in [0.15, 0.2) is 0 Å². The Morgan fingerprint density at radius 3 is 2.71 bits per heavy atom. The third-order valence-corrected chi connectivity index (χ3v) is 3.17. The maximum absolute atomic E-state index is 12.0. The maximum atomic E-state index is 12.0. The predicted molar refractivity (Wildman–Crippen MR) is 68.0 cm³/mol. The van der Waals surface area contributed by atoms with Crippen molar-refractivity contribution < 1.29 is 9.53 Å². The molecule has 1 aliphatic rings. The van der Waals surface area contributed by atoms with Crippen LogP contribution in [0.1, 0.15) is 13.8 Å². The lowest BCUT2D eigenvalue weighted by atomic mass is 10.3. The molecule has 0 aromatic rings. The van der Waals surface area contributed by atoms with Crippen LogP contribution in [0, 0.1) is 0 Å². The molecule has 0 aliphatic carbocycles. The standard InChI is InChI=1S/C12H25N3O2/c1-4-17-10-11(2)14(3)9-12(16)15-7-5-13-6-8-15/h11,13H,4-10H2,1-3H3. The molecule has 100 valence electrons. The van der Waals surface area contributed by atoms with Crippen LogP contribution in [0.5, 0.6) is 0 Å². The van der Waals surface area contributed by atoms with Crippen molar-refractivity contribution in [1.29, 1.82) is 0 Å². The molecule has 1 heterocycles. The van der Waals surface area contributed by atoms with Crippen LogP contribution >= 0.6 is 0 Å². The van der Waals surface area contributed by atoms with E-state index >= 15 is 0 Å². The molecule has 1 atom stereocenters. The van der Waals surface area contributed by atoms with Gasteiger partial charge >= 0.3 is 0 Å². The summed E-state index contributed by atoms with van der Waals surface area (Å²) < 4.78 is 5.37. The largest absolute Gasteiger partial charge is 0.380 e. The summed E-state index contributed by atoms with van der Waals surface area (Å²) in [7, 11) is 1.98. The summed E-state index contributed by atoms with van der Waals surface area (Å²) >= 11 is 0. The second-order valence-electron chi connectivity index (χ2n) is 4.55. The molecule has 1 unspecified atom stereocenters. The van der Waals surface area contributed by atoms with Crippen molar-refractivity contribution in [2.24, 2.45) is 0 Å². The minimum absolute atomic E-state index is 0.220. The molecule has 0 bridgehead atoms. The Kier molecular flexibility index (Phi) is 6.47. The smallest absolute Gasteiger partial charge is 0.236 e. The third kappa shape index (κ3) is 5.02. The van der Waals surface area contributed by atoms with E-state index in [1.54, 1.807) is 0 Å². The summed E-state index contributed by atoms with van der Waals surface area (Å²) in [6.45, 7) is 9.42. The first-order valence-corrected chi connectivity index (χ1v) is 6.41. The van der Waals surface area contributed by atoms with Gasteiger partial charge in [-0.05, 0) is 20.9 Å². The van der Waals surface area contributed by atoms with E-state index < -0.39 is 0 Å². The van der Waals surface area contributed by atoms with Crippen molar-refractivity contribution in [1.82, 2.24) is 15.1 Å². The second-order valence-corrected chi connectivity index (χ2v) is 4.55. The summed E-state index contributed by atoms with van der Waals surface area (Å²) in [5, 5.41) is 3.25. The topological polar surface area (TPSA) is 44.8 Å². The molecular formula is C12H25N3O2. The Bertz CT molecular complexity index is 230. The molecule has 17 heavy (non-hydrogen) atoms. The quantitative estimate of drug-likeness (QED) is 0.700. The van der Waals surface area contributed by atoms with Gasteiger partial charge in [-0.25, -0.2) is 0 Å². The van der Waals surface area contributed by atoms with Crippen LogP contribution in [-0.2, 0) is 9.53 Å². The summed E-state index contributed by atoms with van der Waals surface area (Å²) in [6.07, 6.45) is 0. The number of nitrogens with zero attached hydrogens (tertiary/aromatic N) is 2. The highest BCUT2D eigenvalue weighted by atomic mass is 16.5. The molecule has 1 fully saturated rings. The van der Waals surface area contributed by atoms with Gasteiger partial charge in [-0.3, -0.25) is 9.69 Å². The average Bonchev–Trinajstić information content (AvgIpc) is 2.36. The predicted octanol–water partition coefficient (Wildman–Crippen LogP) is -0.225. The van der Waals surface area contributed by atoms with Crippen LogP contribution in [0.25, 0.3) is 0 Å². The number of hydrogen-bond acceptors (Lipinski definition) is 4. The Labute approximate surface area is 104 Å². The van der Waals surface area contributed by atoms with Crippen molar-refractivity contribution in [3.05, 3.63) is 0 Å². The molecule has 1 N–H and O–H groups in total. The number of piperazine rings is 1. The highest BCUT2D eigenvalue weighted by molar-refractivity contribution is 5.78. The zero-order valence-electron chi connectivity index (χ0n) is 11.2. The van der Waals surface area contributed by atoms with Gasteiger partial charge in [0.05, 0.1) is 13.2 Å². The van der Waals surface area contributed by atoms with Gasteiger partial charge in [0.25, 0.3) is 0 Å². The first-order chi connectivity index (χ1) is 8.15. The van der Waals surface area contributed by atoms with Crippen molar-refractivity contribution in [3.63, 3.8) is 0 Å². The molecular weight excluding hydrogens is 218 g/mol. The number of rotatable bonds is 6. The summed E-state index contributed by atoms with van der Waals surface area (Å²) in [6, 6.07) is 0.279. The number of hydrogen-bond donors (Lipinski definition) is 1. The normalized spacial score (nSPS) is 18.5. The van der Waals surface area contributed by atoms with Crippen LogP contribution in [0.2, 0.25) is 0 Å². The molecule has 1 aliphatic heterocycles. The molecule has 5 nitrogen and oxygen atoms in total. The van der Waals surface area contributed by atoms with Gasteiger partial charge in [0, 0.05) is 38.8 Å². The molecule has 1 amide bonds. The van der Waals surface area contributed by atoms with Crippen LogP contribution < -0.4 is 5.32 Å². The lowest BCUT2D eigenvalue weighted by Gasteiger charge is -2.31. The summed E-state index contributed by atoms with van der Waals surface area (Å²) in [5.41, 5.74) is 0. The third-order valence-electron chi connectivity index (χ3n) is 3.17. The van der Waals surface area contributed by atoms with E-state index in [9.17, 15) is 4.79 Å². The van der Waals surface area contributed by atoms with Crippen molar-refractivity contribution >= 4 is 5.91 Å². The second kappa shape index (κ2) is 7.63. The van der Waals surface area contributed by atoms with Crippen molar-refractivity contribution in [2.75, 3.05) is 53.0 Å². The Morgan fingerprint density at radius 1 is 1.47 bits per heavy atom. The first-order valence-electron chi connectivity index (χ1n) is 6.41. The fourth-order valence-electron chi connectivity index (χ4n) is 1.80. The number of carbonyl (C=O) groups excluding carboxylic acids is 1. The van der Waals surface area contributed by atoms with Crippen molar-refractivity contribution in [2.45, 2.75) is 19.9 Å². The molecule has 0 saturated carbocycles. The average molecular weight is 243 g/mol. The van der Waals surface area contributed by atoms with Crippen LogP contribution in [0.3, 0.4) is 0 Å². The Balaban J connectivity index is 2.28. The molecule has 1 rings (SSSR count). The van der Waals surface area contributed by atoms with E-state index in [-0.39, 0.29) is 11.9 Å². The highest BCUT2D eigenvalue weighted by Crippen LogP contribution is 2.00. The van der Waals surface area contributed by atoms with E-state index in [0.717, 1.165) is 32.8 Å². The molecule has 0 aromatic carbocycles. The monoisotopic (exact) mass is 243 g/mol. The van der Waals surface area contributed by atoms with Gasteiger partial charge in [-0.2, -0.15) is 0 Å². The minimum Gasteiger partial charge on any atom is -0.380 e. The Hall–Kier alpha value is -0.650. The number of carbonyl (C=O) groups is 1. The van der Waals surface area contributed by atoms with Crippen molar-refractivity contribution in [3.8, 4) is 0 Å². The number of ether oxygens (including phenoxy) is 1. The van der Waals surface area contributed by atoms with E-state index in [1.807, 2.05) is 18.9 Å². The number of likely N-dealkylation sites (N-methyl/N-ethyl adjacent to an activating group) is 1. The number of amides is 1. The van der Waals surface area contributed by atoms with Gasteiger partial charge in [0.2, 0.25) is 5.91 Å². The minimum atomic E-state index is 0.220. The fourth-order valence-corrected chi connectivity index (χ4v) is 1.80. The summed E-state index contributed by atoms with van der Waals surface area (Å²) in [5.74, 6) is 0.220. The zero-order chi connectivity index (χ0) is 12.7. The van der Waals surface area contributed by atoms with E-state index in [4.69, 9.17) is 4.74 Å². The number of nitrogens with one attached hydrogen (secondary N) is 1. The lowest BCUT2D eigenvalue weighted by molar-refractivity contribution is -0.133. The van der Waals surface area contributed by atoms with Crippen LogP contribution in [-0.4, -0.2) is 74.7 Å². The van der Waals surface area contributed by atoms with E-state index in [0.29, 0.717) is 13.2 Å². The first kappa shape index (κ1) is 14.4. The lowest BCUT2D eigenvalue weighted by Crippen LogP contribution is -2.50. The van der Waals surface area contributed by atoms with Gasteiger partial charge < -0.3 is 15.0 Å². The Morgan fingerprint density at radius 2 is 2.12 bits per heavy atom.